The van der Waals surface area contributed by atoms with Crippen LogP contribution in [-0.2, 0) is 21.3 Å². The van der Waals surface area contributed by atoms with Crippen molar-refractivity contribution in [3.8, 4) is 5.75 Å². The van der Waals surface area contributed by atoms with E-state index in [9.17, 15) is 8.42 Å². The number of nitrogens with one attached hydrogen (secondary N) is 1. The molecule has 0 unspecified atom stereocenters. The summed E-state index contributed by atoms with van der Waals surface area (Å²) in [6.45, 7) is 5.75. The van der Waals surface area contributed by atoms with Crippen molar-refractivity contribution in [3.05, 3.63) is 48.3 Å². The quantitative estimate of drug-likeness (QED) is 0.376. The molecule has 0 saturated carbocycles. The highest BCUT2D eigenvalue weighted by Gasteiger charge is 2.15. The van der Waals surface area contributed by atoms with Crippen molar-refractivity contribution >= 4 is 44.8 Å². The van der Waals surface area contributed by atoms with Crippen LogP contribution in [0.3, 0.4) is 0 Å². The Bertz CT molecular complexity index is 1270. The van der Waals surface area contributed by atoms with E-state index >= 15 is 0 Å². The smallest absolute Gasteiger partial charge is 0.238 e. The van der Waals surface area contributed by atoms with Gasteiger partial charge in [-0.2, -0.15) is 0 Å². The number of halogens is 1. The summed E-state index contributed by atoms with van der Waals surface area (Å²) in [5.74, 6) is 1.31. The second kappa shape index (κ2) is 12.6. The van der Waals surface area contributed by atoms with E-state index in [2.05, 4.69) is 20.2 Å². The van der Waals surface area contributed by atoms with E-state index in [0.717, 1.165) is 61.5 Å². The average molecular weight is 537 g/mol. The molecule has 1 aliphatic heterocycles. The molecular formula is C24H33ClN6O4S. The Kier molecular flexibility index (Phi) is 9.83. The van der Waals surface area contributed by atoms with Crippen molar-refractivity contribution in [2.45, 2.75) is 17.9 Å². The summed E-state index contributed by atoms with van der Waals surface area (Å²) in [5, 5.41) is 9.44. The minimum absolute atomic E-state index is 0. The number of morpholine rings is 1. The predicted molar refractivity (Wildman–Crippen MR) is 143 cm³/mol. The molecular weight excluding hydrogens is 504 g/mol. The van der Waals surface area contributed by atoms with Gasteiger partial charge >= 0.3 is 0 Å². The molecule has 196 valence electrons. The van der Waals surface area contributed by atoms with Crippen LogP contribution in [0.4, 0.5) is 11.5 Å². The maximum atomic E-state index is 11.9. The number of sulfonamides is 1. The van der Waals surface area contributed by atoms with Crippen LogP contribution in [0.15, 0.2) is 47.6 Å². The van der Waals surface area contributed by atoms with E-state index in [-0.39, 0.29) is 17.3 Å². The first-order valence-corrected chi connectivity index (χ1v) is 13.1. The second-order valence-electron chi connectivity index (χ2n) is 8.78. The second-order valence-corrected chi connectivity index (χ2v) is 10.3. The van der Waals surface area contributed by atoms with E-state index in [4.69, 9.17) is 14.6 Å². The molecule has 0 amide bonds. The molecule has 0 bridgehead atoms. The molecule has 3 aromatic rings. The monoisotopic (exact) mass is 536 g/mol. The summed E-state index contributed by atoms with van der Waals surface area (Å²) in [6.07, 6.45) is 2.41. The number of anilines is 2. The number of rotatable bonds is 10. The maximum Gasteiger partial charge on any atom is 0.238 e. The highest BCUT2D eigenvalue weighted by molar-refractivity contribution is 7.89. The van der Waals surface area contributed by atoms with Crippen molar-refractivity contribution in [2.24, 2.45) is 5.14 Å². The molecule has 3 N–H and O–H groups in total. The normalized spacial score (nSPS) is 14.6. The first-order chi connectivity index (χ1) is 16.8. The van der Waals surface area contributed by atoms with Crippen LogP contribution in [0, 0.1) is 0 Å². The standard InChI is InChI=1S/C24H32N6O4S.ClH/c1-29(2)16-18-4-6-20(35(25,31)32)15-22(18)28-24-21-7-5-19(14-23(21)26-17-27-24)34-11-3-8-30-9-12-33-13-10-30;/h4-7,14-15,17H,3,8-13,16H2,1-2H3,(H2,25,31,32)(H,26,27,28);1H. The Labute approximate surface area is 218 Å². The molecule has 0 aliphatic carbocycles. The Morgan fingerprint density at radius 3 is 2.64 bits per heavy atom. The van der Waals surface area contributed by atoms with Crippen LogP contribution in [0.2, 0.25) is 0 Å². The van der Waals surface area contributed by atoms with Gasteiger partial charge in [-0.1, -0.05) is 6.07 Å². The molecule has 2 aromatic carbocycles. The third kappa shape index (κ3) is 7.48. The first kappa shape index (κ1) is 28.0. The van der Waals surface area contributed by atoms with Gasteiger partial charge in [0.2, 0.25) is 10.0 Å². The van der Waals surface area contributed by atoms with Gasteiger partial charge in [0.05, 0.1) is 30.2 Å². The van der Waals surface area contributed by atoms with Crippen LogP contribution < -0.4 is 15.2 Å². The van der Waals surface area contributed by atoms with E-state index in [1.54, 1.807) is 6.07 Å². The summed E-state index contributed by atoms with van der Waals surface area (Å²) in [4.78, 5) is 13.2. The van der Waals surface area contributed by atoms with Crippen LogP contribution >= 0.6 is 12.4 Å². The van der Waals surface area contributed by atoms with Crippen molar-refractivity contribution in [2.75, 3.05) is 58.9 Å². The zero-order valence-corrected chi connectivity index (χ0v) is 22.1. The van der Waals surface area contributed by atoms with Crippen LogP contribution in [0.5, 0.6) is 5.75 Å². The van der Waals surface area contributed by atoms with Gasteiger partial charge in [-0.25, -0.2) is 23.5 Å². The minimum Gasteiger partial charge on any atom is -0.493 e. The lowest BCUT2D eigenvalue weighted by atomic mass is 10.1. The van der Waals surface area contributed by atoms with Crippen molar-refractivity contribution in [1.29, 1.82) is 0 Å². The van der Waals surface area contributed by atoms with Crippen molar-refractivity contribution < 1.29 is 17.9 Å². The number of hydrogen-bond acceptors (Lipinski definition) is 9. The minimum atomic E-state index is -3.84. The van der Waals surface area contributed by atoms with Crippen molar-refractivity contribution in [1.82, 2.24) is 19.8 Å². The van der Waals surface area contributed by atoms with Crippen molar-refractivity contribution in [3.63, 3.8) is 0 Å². The van der Waals surface area contributed by atoms with Gasteiger partial charge < -0.3 is 19.7 Å². The van der Waals surface area contributed by atoms with E-state index < -0.39 is 10.0 Å². The summed E-state index contributed by atoms with van der Waals surface area (Å²) < 4.78 is 35.2. The lowest BCUT2D eigenvalue weighted by molar-refractivity contribution is 0.0358. The Hall–Kier alpha value is -2.54. The number of nitrogens with two attached hydrogens (primary N) is 1. The molecule has 2 heterocycles. The number of fused-ring (bicyclic) bond motifs is 1. The molecule has 0 spiro atoms. The van der Waals surface area contributed by atoms with Gasteiger partial charge in [-0.3, -0.25) is 4.90 Å². The van der Waals surface area contributed by atoms with Gasteiger partial charge in [0.25, 0.3) is 0 Å². The van der Waals surface area contributed by atoms with Gasteiger partial charge in [0.15, 0.2) is 0 Å². The van der Waals surface area contributed by atoms with Gasteiger partial charge in [-0.15, -0.1) is 12.4 Å². The molecule has 1 aromatic heterocycles. The number of hydrogen-bond donors (Lipinski definition) is 2. The fourth-order valence-corrected chi connectivity index (χ4v) is 4.52. The Morgan fingerprint density at radius 1 is 1.14 bits per heavy atom. The lowest BCUT2D eigenvalue weighted by Gasteiger charge is -2.26. The predicted octanol–water partition coefficient (Wildman–Crippen LogP) is 2.61. The van der Waals surface area contributed by atoms with E-state index in [1.165, 1.54) is 18.5 Å². The zero-order chi connectivity index (χ0) is 24.8. The largest absolute Gasteiger partial charge is 0.493 e. The topological polar surface area (TPSA) is 123 Å². The summed E-state index contributed by atoms with van der Waals surface area (Å²) in [6, 6.07) is 10.5. The molecule has 36 heavy (non-hydrogen) atoms. The third-order valence-corrected chi connectivity index (χ3v) is 6.66. The summed E-state index contributed by atoms with van der Waals surface area (Å²) in [7, 11) is 0.0472. The van der Waals surface area contributed by atoms with Crippen LogP contribution in [0.25, 0.3) is 10.9 Å². The average Bonchev–Trinajstić information content (AvgIpc) is 2.82. The highest BCUT2D eigenvalue weighted by atomic mass is 35.5. The molecule has 0 radical (unpaired) electrons. The SMILES string of the molecule is CN(C)Cc1ccc(S(N)(=O)=O)cc1Nc1ncnc2cc(OCCCN3CCOCC3)ccc12.Cl. The molecule has 1 fully saturated rings. The highest BCUT2D eigenvalue weighted by Crippen LogP contribution is 2.29. The first-order valence-electron chi connectivity index (χ1n) is 11.5. The van der Waals surface area contributed by atoms with E-state index in [0.29, 0.717) is 24.7 Å². The van der Waals surface area contributed by atoms with Crippen LogP contribution in [0.1, 0.15) is 12.0 Å². The molecule has 1 aliphatic rings. The molecule has 1 saturated heterocycles. The van der Waals surface area contributed by atoms with E-state index in [1.807, 2.05) is 37.2 Å². The number of primary sulfonamides is 1. The van der Waals surface area contributed by atoms with Gasteiger partial charge in [0, 0.05) is 43.3 Å². The molecule has 10 nitrogen and oxygen atoms in total. The van der Waals surface area contributed by atoms with Crippen LogP contribution in [-0.4, -0.2) is 81.7 Å². The molecule has 4 rings (SSSR count). The summed E-state index contributed by atoms with van der Waals surface area (Å²) in [5.41, 5.74) is 2.26. The zero-order valence-electron chi connectivity index (χ0n) is 20.5. The lowest BCUT2D eigenvalue weighted by Crippen LogP contribution is -2.37. The van der Waals surface area contributed by atoms with Gasteiger partial charge in [-0.05, 0) is 50.3 Å². The fraction of sp³-hybridized carbons (Fsp3) is 0.417. The number of aromatic nitrogens is 2. The number of ether oxygens (including phenoxy) is 2. The number of nitrogens with zero attached hydrogens (tertiary/aromatic N) is 4. The number of benzene rings is 2. The fourth-order valence-electron chi connectivity index (χ4n) is 3.98. The maximum absolute atomic E-state index is 11.9. The Morgan fingerprint density at radius 2 is 1.92 bits per heavy atom. The third-order valence-electron chi connectivity index (χ3n) is 5.75. The van der Waals surface area contributed by atoms with Gasteiger partial charge in [0.1, 0.15) is 17.9 Å². The molecule has 0 atom stereocenters. The Balaban J connectivity index is 0.00000361. The summed E-state index contributed by atoms with van der Waals surface area (Å²) >= 11 is 0. The molecule has 12 heteroatoms.